The molecular weight excluding hydrogens is 981 g/mol. The van der Waals surface area contributed by atoms with Gasteiger partial charge < -0.3 is 9.55 Å². The van der Waals surface area contributed by atoms with Crippen LogP contribution in [0.25, 0.3) is 81.8 Å². The van der Waals surface area contributed by atoms with Gasteiger partial charge in [-0.1, -0.05) is 141 Å². The molecule has 4 aromatic heterocycles. The van der Waals surface area contributed by atoms with E-state index in [1.54, 1.807) is 22.1 Å². The van der Waals surface area contributed by atoms with Crippen LogP contribution < -0.4 is 5.19 Å². The van der Waals surface area contributed by atoms with Crippen LogP contribution in [0.4, 0.5) is 0 Å². The minimum atomic E-state index is -1.35. The van der Waals surface area contributed by atoms with E-state index < -0.39 is 8.07 Å². The van der Waals surface area contributed by atoms with Crippen LogP contribution in [0.1, 0.15) is 31.2 Å². The van der Waals surface area contributed by atoms with Gasteiger partial charge in [-0.15, -0.1) is 54.1 Å². The monoisotopic (exact) mass is 1030 g/mol. The zero-order valence-corrected chi connectivity index (χ0v) is 40.0. The molecule has 4 nitrogen and oxygen atoms in total. The van der Waals surface area contributed by atoms with Gasteiger partial charge in [0.05, 0.1) is 24.9 Å². The molecule has 0 aliphatic heterocycles. The molecule has 0 bridgehead atoms. The number of thiophene rings is 1. The maximum Gasteiger partial charge on any atom is 0.0798 e. The third-order valence-electron chi connectivity index (χ3n) is 12.2. The first-order valence-corrected chi connectivity index (χ1v) is 26.1. The number of hydrogen-bond donors (Lipinski definition) is 0. The first-order valence-electron chi connectivity index (χ1n) is 21.8. The van der Waals surface area contributed by atoms with E-state index in [1.807, 2.05) is 30.6 Å². The summed E-state index contributed by atoms with van der Waals surface area (Å²) in [5, 5.41) is 4.02. The number of fused-ring (bicyclic) bond motifs is 4. The second kappa shape index (κ2) is 18.5. The summed E-state index contributed by atoms with van der Waals surface area (Å²) < 4.78 is 4.74. The number of benzene rings is 6. The molecule has 0 atom stereocenters. The molecule has 0 saturated heterocycles. The first kappa shape index (κ1) is 42.5. The van der Waals surface area contributed by atoms with Crippen molar-refractivity contribution in [2.45, 2.75) is 51.7 Å². The van der Waals surface area contributed by atoms with Crippen molar-refractivity contribution in [3.8, 4) is 50.6 Å². The molecule has 313 valence electrons. The fraction of sp³-hybridized carbons (Fsp3) is 0.161. The summed E-state index contributed by atoms with van der Waals surface area (Å²) in [6.45, 7) is 7.28. The van der Waals surface area contributed by atoms with Crippen molar-refractivity contribution in [1.29, 1.82) is 0 Å². The number of nitrogens with zero attached hydrogens (tertiary/aromatic N) is 4. The van der Waals surface area contributed by atoms with Crippen LogP contribution in [-0.2, 0) is 26.5 Å². The van der Waals surface area contributed by atoms with Crippen molar-refractivity contribution in [2.24, 2.45) is 5.92 Å². The van der Waals surface area contributed by atoms with Gasteiger partial charge in [-0.05, 0) is 86.4 Å². The van der Waals surface area contributed by atoms with Crippen molar-refractivity contribution in [3.63, 3.8) is 0 Å². The summed E-state index contributed by atoms with van der Waals surface area (Å²) in [6.07, 6.45) is 12.7. The van der Waals surface area contributed by atoms with Gasteiger partial charge >= 0.3 is 0 Å². The SMILES string of the molecule is C[Si](C)(C)c1cnc(-c2[c-]cccc2)cc1CC1CCCC1.[Ir].[c-]1ccc2c(sc3cc(-c4ccncc4)ccc32)c1-c1nc2ccccc2n1-c1ccccc1-c1ccccc1. The Morgan fingerprint density at radius 1 is 0.698 bits per heavy atom. The topological polar surface area (TPSA) is 43.6 Å². The van der Waals surface area contributed by atoms with Gasteiger partial charge in [-0.3, -0.25) is 9.97 Å². The van der Waals surface area contributed by atoms with Gasteiger partial charge in [-0.2, -0.15) is 11.3 Å². The van der Waals surface area contributed by atoms with E-state index >= 15 is 0 Å². The predicted molar refractivity (Wildman–Crippen MR) is 264 cm³/mol. The van der Waals surface area contributed by atoms with Crippen molar-refractivity contribution in [3.05, 3.63) is 188 Å². The molecule has 0 unspecified atom stereocenters. The van der Waals surface area contributed by atoms with Gasteiger partial charge in [0.1, 0.15) is 0 Å². The van der Waals surface area contributed by atoms with Gasteiger partial charge in [0.15, 0.2) is 0 Å². The second-order valence-electron chi connectivity index (χ2n) is 17.4. The molecule has 1 aliphatic rings. The number of aromatic nitrogens is 4. The van der Waals surface area contributed by atoms with E-state index in [-0.39, 0.29) is 20.1 Å². The Morgan fingerprint density at radius 3 is 2.25 bits per heavy atom. The first-order chi connectivity index (χ1) is 30.4. The smallest absolute Gasteiger partial charge is 0.0798 e. The zero-order chi connectivity index (χ0) is 42.0. The predicted octanol–water partition coefficient (Wildman–Crippen LogP) is 14.4. The number of para-hydroxylation sites is 3. The second-order valence-corrected chi connectivity index (χ2v) is 23.5. The average molecular weight is 1030 g/mol. The summed E-state index contributed by atoms with van der Waals surface area (Å²) in [5.74, 6) is 1.78. The molecule has 63 heavy (non-hydrogen) atoms. The van der Waals surface area contributed by atoms with Crippen LogP contribution in [0.5, 0.6) is 0 Å². The molecular formula is C56H48IrN4SSi-2. The van der Waals surface area contributed by atoms with Crippen molar-refractivity contribution >= 4 is 55.8 Å². The molecule has 1 radical (unpaired) electrons. The average Bonchev–Trinajstić information content (AvgIpc) is 4.07. The third kappa shape index (κ3) is 8.76. The van der Waals surface area contributed by atoms with Crippen LogP contribution >= 0.6 is 11.3 Å². The van der Waals surface area contributed by atoms with Crippen molar-refractivity contribution < 1.29 is 20.1 Å². The third-order valence-corrected chi connectivity index (χ3v) is 15.5. The van der Waals surface area contributed by atoms with Gasteiger partial charge in [0.2, 0.25) is 0 Å². The molecule has 1 saturated carbocycles. The minimum Gasteiger partial charge on any atom is -0.333 e. The molecule has 1 aliphatic carbocycles. The van der Waals surface area contributed by atoms with Crippen LogP contribution in [0.2, 0.25) is 19.6 Å². The van der Waals surface area contributed by atoms with Crippen LogP contribution in [0.3, 0.4) is 0 Å². The van der Waals surface area contributed by atoms with Gasteiger partial charge in [0.25, 0.3) is 0 Å². The Bertz CT molecular complexity index is 3150. The Labute approximate surface area is 389 Å². The van der Waals surface area contributed by atoms with Crippen LogP contribution in [-0.4, -0.2) is 27.6 Å². The van der Waals surface area contributed by atoms with E-state index in [1.165, 1.54) is 69.0 Å². The van der Waals surface area contributed by atoms with Crippen LogP contribution in [0, 0.1) is 18.1 Å². The summed E-state index contributed by atoms with van der Waals surface area (Å²) in [4.78, 5) is 14.1. The number of imidazole rings is 1. The van der Waals surface area contributed by atoms with E-state index in [4.69, 9.17) is 9.97 Å². The van der Waals surface area contributed by atoms with Crippen molar-refractivity contribution in [1.82, 2.24) is 19.5 Å². The largest absolute Gasteiger partial charge is 0.333 e. The van der Waals surface area contributed by atoms with Crippen molar-refractivity contribution in [2.75, 3.05) is 0 Å². The molecule has 0 spiro atoms. The molecule has 10 aromatic rings. The summed E-state index contributed by atoms with van der Waals surface area (Å²) in [5.41, 5.74) is 12.6. The Balaban J connectivity index is 0.000000187. The number of rotatable bonds is 8. The summed E-state index contributed by atoms with van der Waals surface area (Å²) in [7, 11) is -1.35. The molecule has 4 heterocycles. The number of hydrogen-bond acceptors (Lipinski definition) is 4. The van der Waals surface area contributed by atoms with E-state index in [9.17, 15) is 0 Å². The van der Waals surface area contributed by atoms with E-state index in [0.717, 1.165) is 50.8 Å². The quantitative estimate of drug-likeness (QED) is 0.113. The van der Waals surface area contributed by atoms with E-state index in [2.05, 4.69) is 181 Å². The summed E-state index contributed by atoms with van der Waals surface area (Å²) in [6, 6.07) is 60.0. The normalized spacial score (nSPS) is 12.9. The Hall–Kier alpha value is -5.82. The van der Waals surface area contributed by atoms with Gasteiger partial charge in [-0.25, -0.2) is 0 Å². The molecule has 7 heteroatoms. The maximum atomic E-state index is 5.21. The molecule has 0 N–H and O–H groups in total. The zero-order valence-electron chi connectivity index (χ0n) is 35.8. The molecule has 11 rings (SSSR count). The Kier molecular flexibility index (Phi) is 12.5. The Morgan fingerprint density at radius 2 is 1.46 bits per heavy atom. The fourth-order valence-corrected chi connectivity index (χ4v) is 12.0. The number of pyridine rings is 2. The molecule has 6 aromatic carbocycles. The molecule has 1 fully saturated rings. The van der Waals surface area contributed by atoms with E-state index in [0.29, 0.717) is 0 Å². The van der Waals surface area contributed by atoms with Gasteiger partial charge in [0, 0.05) is 54.6 Å². The summed E-state index contributed by atoms with van der Waals surface area (Å²) >= 11 is 1.81. The van der Waals surface area contributed by atoms with Crippen LogP contribution in [0.15, 0.2) is 170 Å². The minimum absolute atomic E-state index is 0. The maximum absolute atomic E-state index is 5.21. The fourth-order valence-electron chi connectivity index (χ4n) is 9.17. The standard InChI is InChI=1S/C36H22N3S.C20H26NSi.Ir/c1-2-9-25(10-3-1)27-11-4-6-15-32(27)39-33-16-7-5-14-31(33)38-36(39)30-13-8-12-29-28-18-17-26(23-34(28)40-35(29)30)24-19-21-37-22-20-24;1-22(2,3)20-15-21-19(17-11-5-4-6-12-17)14-18(20)13-16-9-7-8-10-16;/h1-12,14-23H;4-6,11,14-16H,7-10,13H2,1-3H3;/q2*-1;. The molecule has 0 amide bonds.